The van der Waals surface area contributed by atoms with E-state index in [0.29, 0.717) is 5.92 Å². The van der Waals surface area contributed by atoms with Gasteiger partial charge in [-0.2, -0.15) is 0 Å². The maximum atomic E-state index is 6.05. The van der Waals surface area contributed by atoms with Crippen LogP contribution in [0.1, 0.15) is 13.8 Å². The van der Waals surface area contributed by atoms with Crippen LogP contribution in [0.25, 0.3) is 0 Å². The first kappa shape index (κ1) is 15.9. The van der Waals surface area contributed by atoms with Crippen LogP contribution >= 0.6 is 0 Å². The zero-order chi connectivity index (χ0) is 13.0. The van der Waals surface area contributed by atoms with Gasteiger partial charge in [-0.3, -0.25) is 0 Å². The molecule has 2 nitrogen and oxygen atoms in total. The Balaban J connectivity index is 4.29. The van der Waals surface area contributed by atoms with Gasteiger partial charge >= 0.3 is 0 Å². The van der Waals surface area contributed by atoms with Gasteiger partial charge in [0.25, 0.3) is 0 Å². The number of hydrogen-bond acceptors (Lipinski definition) is 2. The van der Waals surface area contributed by atoms with Gasteiger partial charge in [0.15, 0.2) is 8.32 Å². The molecule has 0 fully saturated rings. The monoisotopic (exact) mass is 260 g/mol. The van der Waals surface area contributed by atoms with Crippen LogP contribution in [0.4, 0.5) is 0 Å². The van der Waals surface area contributed by atoms with E-state index in [9.17, 15) is 0 Å². The molecule has 0 aromatic carbocycles. The predicted octanol–water partition coefficient (Wildman–Crippen LogP) is 4.23. The quantitative estimate of drug-likeness (QED) is 0.525. The summed E-state index contributed by atoms with van der Waals surface area (Å²) in [4.78, 5) is 0. The van der Waals surface area contributed by atoms with E-state index in [1.165, 1.54) is 0 Å². The summed E-state index contributed by atoms with van der Waals surface area (Å²) < 4.78 is 12.0. The van der Waals surface area contributed by atoms with Gasteiger partial charge in [0.1, 0.15) is 0 Å². The van der Waals surface area contributed by atoms with E-state index in [1.54, 1.807) is 0 Å². The molecule has 96 valence electrons. The lowest BCUT2D eigenvalue weighted by atomic mass is 10.1. The van der Waals surface area contributed by atoms with Crippen molar-refractivity contribution < 1.29 is 8.85 Å². The first-order valence-electron chi connectivity index (χ1n) is 6.04. The highest BCUT2D eigenvalue weighted by atomic mass is 28.4. The molecule has 0 bridgehead atoms. The molecule has 0 aliphatic carbocycles. The second-order valence-corrected chi connectivity index (χ2v) is 15.2. The number of rotatable bonds is 6. The first-order chi connectivity index (χ1) is 7.05. The molecular weight excluding hydrogens is 232 g/mol. The van der Waals surface area contributed by atoms with Gasteiger partial charge < -0.3 is 8.85 Å². The fourth-order valence-electron chi connectivity index (χ4n) is 1.25. The number of allylic oxidation sites excluding steroid dienone is 1. The lowest BCUT2D eigenvalue weighted by Gasteiger charge is -2.27. The second kappa shape index (κ2) is 6.03. The van der Waals surface area contributed by atoms with Gasteiger partial charge in [-0.15, -0.1) is 0 Å². The minimum absolute atomic E-state index is 0.364. The molecule has 16 heavy (non-hydrogen) atoms. The van der Waals surface area contributed by atoms with Gasteiger partial charge in [0.2, 0.25) is 8.32 Å². The highest BCUT2D eigenvalue weighted by Gasteiger charge is 2.22. The molecule has 0 aliphatic rings. The average molecular weight is 261 g/mol. The van der Waals surface area contributed by atoms with Crippen molar-refractivity contribution in [3.8, 4) is 0 Å². The third kappa shape index (κ3) is 8.13. The highest BCUT2D eigenvalue weighted by molar-refractivity contribution is 6.70. The molecular formula is C12H28O2Si2. The van der Waals surface area contributed by atoms with Gasteiger partial charge in [-0.05, 0) is 46.2 Å². The van der Waals surface area contributed by atoms with Gasteiger partial charge in [-0.1, -0.05) is 13.0 Å². The van der Waals surface area contributed by atoms with Crippen molar-refractivity contribution in [3.05, 3.63) is 11.8 Å². The van der Waals surface area contributed by atoms with Crippen molar-refractivity contribution in [1.29, 1.82) is 0 Å². The number of hydrogen-bond donors (Lipinski definition) is 0. The summed E-state index contributed by atoms with van der Waals surface area (Å²) in [7, 11) is -2.90. The molecule has 1 unspecified atom stereocenters. The third-order valence-corrected chi connectivity index (χ3v) is 3.84. The Kier molecular flexibility index (Phi) is 6.00. The molecule has 0 saturated heterocycles. The Morgan fingerprint density at radius 2 is 1.56 bits per heavy atom. The van der Waals surface area contributed by atoms with E-state index in [0.717, 1.165) is 12.4 Å². The summed E-state index contributed by atoms with van der Waals surface area (Å²) in [5, 5.41) is 0. The lowest BCUT2D eigenvalue weighted by Crippen LogP contribution is -2.31. The Morgan fingerprint density at radius 3 is 1.88 bits per heavy atom. The summed E-state index contributed by atoms with van der Waals surface area (Å²) in [5.74, 6) is 1.46. The van der Waals surface area contributed by atoms with E-state index in [4.69, 9.17) is 8.85 Å². The summed E-state index contributed by atoms with van der Waals surface area (Å²) in [5.41, 5.74) is 0. The predicted molar refractivity (Wildman–Crippen MR) is 76.7 cm³/mol. The van der Waals surface area contributed by atoms with E-state index < -0.39 is 16.6 Å². The normalized spacial score (nSPS) is 16.1. The Bertz CT molecular complexity index is 236. The van der Waals surface area contributed by atoms with Crippen LogP contribution in [0.15, 0.2) is 11.8 Å². The van der Waals surface area contributed by atoms with E-state index in [1.807, 2.05) is 6.92 Å². The van der Waals surface area contributed by atoms with Gasteiger partial charge in [0.05, 0.1) is 5.76 Å². The third-order valence-electron chi connectivity index (χ3n) is 1.96. The van der Waals surface area contributed by atoms with Crippen LogP contribution < -0.4 is 0 Å². The topological polar surface area (TPSA) is 18.5 Å². The van der Waals surface area contributed by atoms with Crippen molar-refractivity contribution in [1.82, 2.24) is 0 Å². The maximum absolute atomic E-state index is 6.05. The lowest BCUT2D eigenvalue weighted by molar-refractivity contribution is 0.232. The molecule has 0 heterocycles. The molecule has 4 heteroatoms. The van der Waals surface area contributed by atoms with E-state index in [-0.39, 0.29) is 0 Å². The van der Waals surface area contributed by atoms with Crippen molar-refractivity contribution in [2.75, 3.05) is 6.61 Å². The molecule has 0 rings (SSSR count). The molecule has 1 atom stereocenters. The summed E-state index contributed by atoms with van der Waals surface area (Å²) in [6, 6.07) is 0. The molecule has 0 aromatic rings. The molecule has 0 saturated carbocycles. The fraction of sp³-hybridized carbons (Fsp3) is 0.833. The van der Waals surface area contributed by atoms with Gasteiger partial charge in [0, 0.05) is 12.5 Å². The SMILES string of the molecule is C/C=C(\O[Si](C)(C)C)C(C)CO[Si](C)(C)C. The fourth-order valence-corrected chi connectivity index (χ4v) is 3.03. The average Bonchev–Trinajstić information content (AvgIpc) is 2.07. The van der Waals surface area contributed by atoms with Crippen LogP contribution in [0.2, 0.25) is 39.3 Å². The molecule has 0 radical (unpaired) electrons. The van der Waals surface area contributed by atoms with Gasteiger partial charge in [-0.25, -0.2) is 0 Å². The zero-order valence-electron chi connectivity index (χ0n) is 12.2. The Labute approximate surface area is 103 Å². The molecule has 0 amide bonds. The molecule has 0 aliphatic heterocycles. The molecule has 0 aromatic heterocycles. The van der Waals surface area contributed by atoms with Crippen molar-refractivity contribution in [2.45, 2.75) is 53.1 Å². The molecule has 0 spiro atoms. The molecule has 0 N–H and O–H groups in total. The van der Waals surface area contributed by atoms with Crippen molar-refractivity contribution in [3.63, 3.8) is 0 Å². The van der Waals surface area contributed by atoms with E-state index in [2.05, 4.69) is 52.3 Å². The highest BCUT2D eigenvalue weighted by Crippen LogP contribution is 2.19. The van der Waals surface area contributed by atoms with Crippen LogP contribution in [0, 0.1) is 5.92 Å². The Morgan fingerprint density at radius 1 is 1.06 bits per heavy atom. The largest absolute Gasteiger partial charge is 0.547 e. The van der Waals surface area contributed by atoms with Crippen molar-refractivity contribution >= 4 is 16.6 Å². The zero-order valence-corrected chi connectivity index (χ0v) is 14.2. The summed E-state index contributed by atoms with van der Waals surface area (Å²) in [6.07, 6.45) is 2.08. The van der Waals surface area contributed by atoms with Crippen LogP contribution in [0.5, 0.6) is 0 Å². The minimum atomic E-state index is -1.49. The smallest absolute Gasteiger partial charge is 0.241 e. The van der Waals surface area contributed by atoms with Crippen LogP contribution in [-0.4, -0.2) is 23.2 Å². The standard InChI is InChI=1S/C12H28O2Si2/c1-9-12(14-16(6,7)8)11(2)10-13-15(3,4)5/h9,11H,10H2,1-8H3/b12-9-. The summed E-state index contributed by atoms with van der Waals surface area (Å²) in [6.45, 7) is 18.3. The van der Waals surface area contributed by atoms with Crippen molar-refractivity contribution in [2.24, 2.45) is 5.92 Å². The maximum Gasteiger partial charge on any atom is 0.241 e. The van der Waals surface area contributed by atoms with Crippen LogP contribution in [0.3, 0.4) is 0 Å². The Hall–Kier alpha value is -0.0662. The first-order valence-corrected chi connectivity index (χ1v) is 12.9. The van der Waals surface area contributed by atoms with E-state index >= 15 is 0 Å². The second-order valence-electron chi connectivity index (χ2n) is 6.23. The van der Waals surface area contributed by atoms with Crippen LogP contribution in [-0.2, 0) is 8.85 Å². The summed E-state index contributed by atoms with van der Waals surface area (Å²) >= 11 is 0. The minimum Gasteiger partial charge on any atom is -0.547 e.